The number of nitrogens with two attached hydrogens (primary N) is 1. The van der Waals surface area contributed by atoms with Crippen LogP contribution in [0.15, 0.2) is 42.5 Å². The Morgan fingerprint density at radius 3 is 2.86 bits per heavy atom. The quantitative estimate of drug-likeness (QED) is 0.884. The molecule has 6 nitrogen and oxygen atoms in total. The second-order valence-electron chi connectivity index (χ2n) is 4.35. The number of anilines is 1. The fourth-order valence-corrected chi connectivity index (χ4v) is 1.78. The molecule has 0 radical (unpaired) electrons. The monoisotopic (exact) mass is 318 g/mol. The highest BCUT2D eigenvalue weighted by molar-refractivity contribution is 6.29. The second-order valence-corrected chi connectivity index (χ2v) is 4.74. The average molecular weight is 319 g/mol. The molecule has 0 spiro atoms. The third-order valence-electron chi connectivity index (χ3n) is 2.70. The van der Waals surface area contributed by atoms with E-state index in [0.717, 1.165) is 5.56 Å². The first-order valence-corrected chi connectivity index (χ1v) is 6.93. The summed E-state index contributed by atoms with van der Waals surface area (Å²) in [5.41, 5.74) is 7.22. The van der Waals surface area contributed by atoms with E-state index in [4.69, 9.17) is 22.1 Å². The maximum Gasteiger partial charge on any atom is 0.407 e. The number of benzene rings is 1. The van der Waals surface area contributed by atoms with Crippen molar-refractivity contribution in [3.05, 3.63) is 58.8 Å². The molecule has 0 aliphatic carbocycles. The summed E-state index contributed by atoms with van der Waals surface area (Å²) in [6, 6.07) is 11.0. The summed E-state index contributed by atoms with van der Waals surface area (Å²) >= 11 is 5.73. The van der Waals surface area contributed by atoms with Crippen LogP contribution >= 0.6 is 11.6 Å². The van der Waals surface area contributed by atoms with Crippen molar-refractivity contribution < 1.29 is 9.53 Å². The minimum absolute atomic E-state index is 0.229. The van der Waals surface area contributed by atoms with E-state index in [1.165, 1.54) is 0 Å². The number of alkyl carbamates (subject to hydrolysis) is 1. The Balaban J connectivity index is 1.75. The molecule has 1 heterocycles. The van der Waals surface area contributed by atoms with Gasteiger partial charge in [0.15, 0.2) is 11.0 Å². The molecule has 0 saturated heterocycles. The highest BCUT2D eigenvalue weighted by Gasteiger charge is 2.01. The second kappa shape index (κ2) is 7.99. The third kappa shape index (κ3) is 5.06. The molecular formula is C15H15ClN4O2. The van der Waals surface area contributed by atoms with Gasteiger partial charge < -0.3 is 15.8 Å². The number of amides is 1. The van der Waals surface area contributed by atoms with Gasteiger partial charge in [-0.3, -0.25) is 0 Å². The van der Waals surface area contributed by atoms with Crippen molar-refractivity contribution >= 4 is 29.6 Å². The molecule has 1 amide bonds. The molecule has 1 aromatic carbocycles. The Labute approximate surface area is 132 Å². The summed E-state index contributed by atoms with van der Waals surface area (Å²) in [6.45, 7) is 0.528. The first-order chi connectivity index (χ1) is 10.6. The van der Waals surface area contributed by atoms with Crippen LogP contribution in [-0.4, -0.2) is 22.8 Å². The van der Waals surface area contributed by atoms with E-state index in [0.29, 0.717) is 12.1 Å². The summed E-state index contributed by atoms with van der Waals surface area (Å²) in [5, 5.41) is 10.2. The lowest BCUT2D eigenvalue weighted by molar-refractivity contribution is 0.141. The van der Waals surface area contributed by atoms with E-state index in [2.05, 4.69) is 15.5 Å². The van der Waals surface area contributed by atoms with Crippen LogP contribution < -0.4 is 11.1 Å². The van der Waals surface area contributed by atoms with Gasteiger partial charge in [0.05, 0.1) is 0 Å². The summed E-state index contributed by atoms with van der Waals surface area (Å²) in [5.74, 6) is 0.271. The molecule has 114 valence electrons. The zero-order chi connectivity index (χ0) is 15.8. The number of ether oxygens (including phenoxy) is 1. The van der Waals surface area contributed by atoms with Crippen molar-refractivity contribution in [2.45, 2.75) is 6.61 Å². The maximum atomic E-state index is 11.5. The Morgan fingerprint density at radius 2 is 2.09 bits per heavy atom. The summed E-state index contributed by atoms with van der Waals surface area (Å²) in [6.07, 6.45) is 2.92. The Kier molecular flexibility index (Phi) is 5.73. The van der Waals surface area contributed by atoms with Crippen molar-refractivity contribution in [1.29, 1.82) is 0 Å². The van der Waals surface area contributed by atoms with Gasteiger partial charge in [-0.15, -0.1) is 10.2 Å². The van der Waals surface area contributed by atoms with Crippen molar-refractivity contribution in [3.63, 3.8) is 0 Å². The number of nitrogens with zero attached hydrogens (tertiary/aromatic N) is 2. The van der Waals surface area contributed by atoms with Gasteiger partial charge in [-0.2, -0.15) is 0 Å². The van der Waals surface area contributed by atoms with Crippen molar-refractivity contribution in [1.82, 2.24) is 15.5 Å². The molecule has 0 fully saturated rings. The minimum Gasteiger partial charge on any atom is -0.445 e. The number of rotatable bonds is 5. The molecule has 7 heteroatoms. The number of hydrogen-bond donors (Lipinski definition) is 2. The topological polar surface area (TPSA) is 90.1 Å². The number of halogens is 1. The van der Waals surface area contributed by atoms with Crippen LogP contribution in [0.3, 0.4) is 0 Å². The fraction of sp³-hybridized carbons (Fsp3) is 0.133. The first kappa shape index (κ1) is 15.8. The fourth-order valence-electron chi connectivity index (χ4n) is 1.63. The predicted molar refractivity (Wildman–Crippen MR) is 85.1 cm³/mol. The molecule has 0 bridgehead atoms. The smallest absolute Gasteiger partial charge is 0.407 e. The van der Waals surface area contributed by atoms with E-state index in [1.54, 1.807) is 18.2 Å². The van der Waals surface area contributed by atoms with E-state index < -0.39 is 6.09 Å². The van der Waals surface area contributed by atoms with E-state index >= 15 is 0 Å². The molecule has 0 atom stereocenters. The van der Waals surface area contributed by atoms with Crippen LogP contribution in [0.1, 0.15) is 11.1 Å². The minimum atomic E-state index is -0.493. The van der Waals surface area contributed by atoms with Gasteiger partial charge >= 0.3 is 6.09 Å². The Morgan fingerprint density at radius 1 is 1.32 bits per heavy atom. The summed E-state index contributed by atoms with van der Waals surface area (Å²) < 4.78 is 5.07. The molecule has 2 rings (SSSR count). The number of nitrogen functional groups attached to an aromatic ring is 1. The van der Waals surface area contributed by atoms with Gasteiger partial charge in [0.2, 0.25) is 0 Å². The summed E-state index contributed by atoms with van der Waals surface area (Å²) in [7, 11) is 0. The maximum absolute atomic E-state index is 11.5. The van der Waals surface area contributed by atoms with Crippen LogP contribution in [0.4, 0.5) is 10.6 Å². The van der Waals surface area contributed by atoms with E-state index in [1.807, 2.05) is 30.3 Å². The lowest BCUT2D eigenvalue weighted by atomic mass is 10.2. The Hall–Kier alpha value is -2.60. The summed E-state index contributed by atoms with van der Waals surface area (Å²) in [4.78, 5) is 11.5. The van der Waals surface area contributed by atoms with E-state index in [9.17, 15) is 4.79 Å². The molecular weight excluding hydrogens is 304 g/mol. The number of carbonyl (C=O) groups excluding carboxylic acids is 1. The van der Waals surface area contributed by atoms with Gasteiger partial charge in [0, 0.05) is 12.1 Å². The van der Waals surface area contributed by atoms with E-state index in [-0.39, 0.29) is 17.6 Å². The standard InChI is InChI=1S/C15H15ClN4O2/c16-13-9-12(14(17)20-19-13)7-4-8-18-15(21)22-10-11-5-2-1-3-6-11/h1-7,9H,8,10H2,(H2,17,20)(H,18,21). The highest BCUT2D eigenvalue weighted by atomic mass is 35.5. The molecule has 3 N–H and O–H groups in total. The molecule has 2 aromatic rings. The van der Waals surface area contributed by atoms with Crippen LogP contribution in [0.25, 0.3) is 6.08 Å². The number of hydrogen-bond acceptors (Lipinski definition) is 5. The zero-order valence-electron chi connectivity index (χ0n) is 11.7. The van der Waals surface area contributed by atoms with Crippen LogP contribution in [0.2, 0.25) is 5.15 Å². The van der Waals surface area contributed by atoms with Gasteiger partial charge in [0.1, 0.15) is 6.61 Å². The Bertz CT molecular complexity index is 662. The zero-order valence-corrected chi connectivity index (χ0v) is 12.5. The highest BCUT2D eigenvalue weighted by Crippen LogP contribution is 2.13. The molecule has 1 aromatic heterocycles. The largest absolute Gasteiger partial charge is 0.445 e. The van der Waals surface area contributed by atoms with Crippen LogP contribution in [0.5, 0.6) is 0 Å². The third-order valence-corrected chi connectivity index (χ3v) is 2.88. The first-order valence-electron chi connectivity index (χ1n) is 6.55. The SMILES string of the molecule is Nc1nnc(Cl)cc1C=CCNC(=O)OCc1ccccc1. The number of nitrogens with one attached hydrogen (secondary N) is 1. The molecule has 0 aliphatic rings. The lowest BCUT2D eigenvalue weighted by Crippen LogP contribution is -2.24. The van der Waals surface area contributed by atoms with Crippen LogP contribution in [0, 0.1) is 0 Å². The van der Waals surface area contributed by atoms with Crippen LogP contribution in [-0.2, 0) is 11.3 Å². The van der Waals surface area contributed by atoms with Crippen molar-refractivity contribution in [3.8, 4) is 0 Å². The van der Waals surface area contributed by atoms with Crippen molar-refractivity contribution in [2.24, 2.45) is 0 Å². The molecule has 22 heavy (non-hydrogen) atoms. The van der Waals surface area contributed by atoms with Gasteiger partial charge in [-0.05, 0) is 11.6 Å². The van der Waals surface area contributed by atoms with Gasteiger partial charge in [-0.25, -0.2) is 4.79 Å². The molecule has 0 saturated carbocycles. The molecule has 0 unspecified atom stereocenters. The lowest BCUT2D eigenvalue weighted by Gasteiger charge is -2.05. The molecule has 0 aliphatic heterocycles. The normalized spacial score (nSPS) is 10.6. The average Bonchev–Trinajstić information content (AvgIpc) is 2.53. The van der Waals surface area contributed by atoms with Crippen molar-refractivity contribution in [2.75, 3.05) is 12.3 Å². The number of carbonyl (C=O) groups is 1. The predicted octanol–water partition coefficient (Wildman–Crippen LogP) is 2.65. The number of aromatic nitrogens is 2. The van der Waals surface area contributed by atoms with Gasteiger partial charge in [-0.1, -0.05) is 54.1 Å². The van der Waals surface area contributed by atoms with Gasteiger partial charge in [0.25, 0.3) is 0 Å².